The maximum Gasteiger partial charge on any atom is 0.0693 e. The molecule has 0 saturated carbocycles. The maximum absolute atomic E-state index is 3.41. The lowest BCUT2D eigenvalue weighted by Gasteiger charge is -1.94. The molecule has 0 atom stereocenters. The Bertz CT molecular complexity index is 262. The fraction of sp³-hybridized carbons (Fsp3) is 0.200. The molecule has 0 amide bonds. The molecule has 0 unspecified atom stereocenters. The Kier molecular flexibility index (Phi) is 3.76. The van der Waals surface area contributed by atoms with E-state index in [0.717, 1.165) is 4.47 Å². The van der Waals surface area contributed by atoms with Crippen LogP contribution in [0.2, 0.25) is 13.1 Å². The summed E-state index contributed by atoms with van der Waals surface area (Å²) in [6.07, 6.45) is 2.20. The third-order valence-electron chi connectivity index (χ3n) is 1.48. The van der Waals surface area contributed by atoms with Crippen molar-refractivity contribution in [3.05, 3.63) is 40.0 Å². The Balaban J connectivity index is 2.71. The van der Waals surface area contributed by atoms with Gasteiger partial charge in [0.15, 0.2) is 0 Å². The number of halogens is 1. The van der Waals surface area contributed by atoms with Gasteiger partial charge in [-0.05, 0) is 17.7 Å². The van der Waals surface area contributed by atoms with E-state index in [9.17, 15) is 0 Å². The molecule has 0 aliphatic carbocycles. The zero-order chi connectivity index (χ0) is 8.97. The van der Waals surface area contributed by atoms with Crippen molar-refractivity contribution in [1.29, 1.82) is 0 Å². The van der Waals surface area contributed by atoms with Crippen molar-refractivity contribution in [2.45, 2.75) is 13.1 Å². The first-order valence-electron chi connectivity index (χ1n) is 3.92. The van der Waals surface area contributed by atoms with E-state index in [-0.39, 0.29) is 8.80 Å². The third kappa shape index (κ3) is 3.37. The van der Waals surface area contributed by atoms with Gasteiger partial charge in [0.1, 0.15) is 0 Å². The molecule has 0 aliphatic rings. The van der Waals surface area contributed by atoms with Crippen LogP contribution >= 0.6 is 15.9 Å². The Morgan fingerprint density at radius 1 is 1.17 bits per heavy atom. The van der Waals surface area contributed by atoms with Crippen LogP contribution in [0.1, 0.15) is 5.56 Å². The van der Waals surface area contributed by atoms with E-state index in [1.54, 1.807) is 0 Å². The molecule has 0 fully saturated rings. The molecule has 63 valence electrons. The van der Waals surface area contributed by atoms with Gasteiger partial charge in [-0.3, -0.25) is 0 Å². The van der Waals surface area contributed by atoms with Crippen LogP contribution in [0.3, 0.4) is 0 Å². The first-order chi connectivity index (χ1) is 5.68. The lowest BCUT2D eigenvalue weighted by molar-refractivity contribution is 1.61. The van der Waals surface area contributed by atoms with Crippen LogP contribution in [-0.4, -0.2) is 8.80 Å². The van der Waals surface area contributed by atoms with E-state index in [1.165, 1.54) is 5.56 Å². The van der Waals surface area contributed by atoms with E-state index in [0.29, 0.717) is 0 Å². The zero-order valence-corrected chi connectivity index (χ0v) is 9.93. The average molecular weight is 240 g/mol. The molecule has 0 spiro atoms. The normalized spacial score (nSPS) is 11.3. The maximum atomic E-state index is 3.41. The summed E-state index contributed by atoms with van der Waals surface area (Å²) in [5, 5.41) is 0. The SMILES string of the molecule is C[Si](C)/C=C/c1ccc(Br)cc1. The Hall–Kier alpha value is -0.343. The monoisotopic (exact) mass is 239 g/mol. The highest BCUT2D eigenvalue weighted by Crippen LogP contribution is 2.11. The summed E-state index contributed by atoms with van der Waals surface area (Å²) < 4.78 is 1.14. The van der Waals surface area contributed by atoms with Crippen molar-refractivity contribution in [2.24, 2.45) is 0 Å². The van der Waals surface area contributed by atoms with Crippen molar-refractivity contribution < 1.29 is 0 Å². The number of rotatable bonds is 2. The molecular formula is C10H12BrSi. The predicted molar refractivity (Wildman–Crippen MR) is 60.7 cm³/mol. The molecule has 0 bridgehead atoms. The molecule has 1 radical (unpaired) electrons. The summed E-state index contributed by atoms with van der Waals surface area (Å²) in [6.45, 7) is 4.56. The van der Waals surface area contributed by atoms with Crippen LogP contribution in [0.25, 0.3) is 6.08 Å². The highest BCUT2D eigenvalue weighted by atomic mass is 79.9. The van der Waals surface area contributed by atoms with E-state index < -0.39 is 0 Å². The minimum atomic E-state index is -0.234. The Morgan fingerprint density at radius 2 is 1.75 bits per heavy atom. The molecule has 1 aromatic carbocycles. The summed E-state index contributed by atoms with van der Waals surface area (Å²) >= 11 is 3.41. The van der Waals surface area contributed by atoms with Crippen molar-refractivity contribution in [2.75, 3.05) is 0 Å². The van der Waals surface area contributed by atoms with Crippen LogP contribution in [0.5, 0.6) is 0 Å². The van der Waals surface area contributed by atoms with Gasteiger partial charge in [-0.25, -0.2) is 0 Å². The van der Waals surface area contributed by atoms with E-state index in [4.69, 9.17) is 0 Å². The first-order valence-corrected chi connectivity index (χ1v) is 7.29. The number of benzene rings is 1. The zero-order valence-electron chi connectivity index (χ0n) is 7.34. The molecule has 1 rings (SSSR count). The largest absolute Gasteiger partial charge is 0.0961 e. The third-order valence-corrected chi connectivity index (χ3v) is 2.84. The molecule has 0 N–H and O–H groups in total. The average Bonchev–Trinajstić information content (AvgIpc) is 2.03. The quantitative estimate of drug-likeness (QED) is 0.690. The molecule has 2 heteroatoms. The molecule has 0 saturated heterocycles. The predicted octanol–water partition coefficient (Wildman–Crippen LogP) is 3.76. The lowest BCUT2D eigenvalue weighted by atomic mass is 10.2. The smallest absolute Gasteiger partial charge is 0.0693 e. The van der Waals surface area contributed by atoms with Crippen LogP contribution in [0.15, 0.2) is 34.4 Å². The van der Waals surface area contributed by atoms with Crippen molar-refractivity contribution >= 4 is 30.8 Å². The second-order valence-corrected chi connectivity index (χ2v) is 6.37. The van der Waals surface area contributed by atoms with Crippen molar-refractivity contribution in [3.8, 4) is 0 Å². The molecule has 1 aromatic rings. The summed E-state index contributed by atoms with van der Waals surface area (Å²) in [4.78, 5) is 0. The Labute approximate surface area is 84.0 Å². The van der Waals surface area contributed by atoms with E-state index in [1.807, 2.05) is 0 Å². The van der Waals surface area contributed by atoms with Crippen LogP contribution < -0.4 is 0 Å². The van der Waals surface area contributed by atoms with Gasteiger partial charge in [0.25, 0.3) is 0 Å². The Morgan fingerprint density at radius 3 is 2.25 bits per heavy atom. The molecule has 0 aromatic heterocycles. The van der Waals surface area contributed by atoms with Gasteiger partial charge in [-0.1, -0.05) is 52.9 Å². The summed E-state index contributed by atoms with van der Waals surface area (Å²) in [7, 11) is -0.234. The highest BCUT2D eigenvalue weighted by Gasteiger charge is 1.89. The number of hydrogen-bond donors (Lipinski definition) is 0. The van der Waals surface area contributed by atoms with E-state index >= 15 is 0 Å². The van der Waals surface area contributed by atoms with Crippen molar-refractivity contribution in [3.63, 3.8) is 0 Å². The molecular weight excluding hydrogens is 228 g/mol. The van der Waals surface area contributed by atoms with Gasteiger partial charge in [0, 0.05) is 4.47 Å². The van der Waals surface area contributed by atoms with Gasteiger partial charge < -0.3 is 0 Å². The molecule has 12 heavy (non-hydrogen) atoms. The minimum absolute atomic E-state index is 0.234. The van der Waals surface area contributed by atoms with Crippen molar-refractivity contribution in [1.82, 2.24) is 0 Å². The van der Waals surface area contributed by atoms with Gasteiger partial charge >= 0.3 is 0 Å². The van der Waals surface area contributed by atoms with E-state index in [2.05, 4.69) is 65.1 Å². The van der Waals surface area contributed by atoms with Crippen LogP contribution in [-0.2, 0) is 0 Å². The van der Waals surface area contributed by atoms with Gasteiger partial charge in [-0.15, -0.1) is 0 Å². The fourth-order valence-electron chi connectivity index (χ4n) is 0.837. The molecule has 0 heterocycles. The molecule has 0 nitrogen and oxygen atoms in total. The second kappa shape index (κ2) is 4.63. The van der Waals surface area contributed by atoms with Gasteiger partial charge in [-0.2, -0.15) is 0 Å². The summed E-state index contributed by atoms with van der Waals surface area (Å²) in [5.41, 5.74) is 3.58. The van der Waals surface area contributed by atoms with Crippen LogP contribution in [0, 0.1) is 0 Å². The van der Waals surface area contributed by atoms with Gasteiger partial charge in [0.05, 0.1) is 8.80 Å². The lowest BCUT2D eigenvalue weighted by Crippen LogP contribution is -1.91. The summed E-state index contributed by atoms with van der Waals surface area (Å²) in [5.74, 6) is 0. The fourth-order valence-corrected chi connectivity index (χ4v) is 1.63. The standard InChI is InChI=1S/C10H12BrSi/c1-12(2)8-7-9-3-5-10(11)6-4-9/h3-8H,1-2H3/b8-7+. The number of hydrogen-bond acceptors (Lipinski definition) is 0. The van der Waals surface area contributed by atoms with Crippen LogP contribution in [0.4, 0.5) is 0 Å². The second-order valence-electron chi connectivity index (χ2n) is 2.96. The molecule has 0 aliphatic heterocycles. The topological polar surface area (TPSA) is 0 Å². The van der Waals surface area contributed by atoms with Gasteiger partial charge in [0.2, 0.25) is 0 Å². The first kappa shape index (κ1) is 9.74. The summed E-state index contributed by atoms with van der Waals surface area (Å²) in [6, 6.07) is 8.37. The highest BCUT2D eigenvalue weighted by molar-refractivity contribution is 9.10. The minimum Gasteiger partial charge on any atom is -0.0961 e.